The zero-order valence-electron chi connectivity index (χ0n) is 11.6. The topological polar surface area (TPSA) is 105 Å². The molecule has 0 fully saturated rings. The summed E-state index contributed by atoms with van der Waals surface area (Å²) < 4.78 is 9.01. The number of ether oxygens (including phenoxy) is 2. The third-order valence-corrected chi connectivity index (χ3v) is 3.12. The lowest BCUT2D eigenvalue weighted by Crippen LogP contribution is -2.20. The van der Waals surface area contributed by atoms with Gasteiger partial charge in [-0.3, -0.25) is 0 Å². The molecule has 0 radical (unpaired) electrons. The Kier molecular flexibility index (Phi) is 5.89. The van der Waals surface area contributed by atoms with Gasteiger partial charge in [-0.25, -0.2) is 9.59 Å². The highest BCUT2D eigenvalue weighted by molar-refractivity contribution is 5.57. The van der Waals surface area contributed by atoms with Gasteiger partial charge in [0.1, 0.15) is 0 Å². The molecule has 1 heterocycles. The van der Waals surface area contributed by atoms with Crippen LogP contribution in [-0.4, -0.2) is 35.7 Å². The molecule has 3 N–H and O–H groups in total. The fraction of sp³-hybridized carbons (Fsp3) is 0.538. The van der Waals surface area contributed by atoms with Crippen LogP contribution in [0.2, 0.25) is 0 Å². The summed E-state index contributed by atoms with van der Waals surface area (Å²) in [6.07, 6.45) is -0.859. The third-order valence-electron chi connectivity index (χ3n) is 3.12. The molecule has 0 aliphatic carbocycles. The number of dihydropyridines is 1. The minimum Gasteiger partial charge on any atom is -0.450 e. The monoisotopic (exact) mass is 285 g/mol. The molecular weight excluding hydrogens is 266 g/mol. The summed E-state index contributed by atoms with van der Waals surface area (Å²) >= 11 is 0. The number of carbonyl (C=O) groups is 2. The van der Waals surface area contributed by atoms with E-state index in [0.29, 0.717) is 19.3 Å². The maximum Gasteiger partial charge on any atom is 0.505 e. The van der Waals surface area contributed by atoms with Crippen molar-refractivity contribution in [3.63, 3.8) is 0 Å². The van der Waals surface area contributed by atoms with Crippen molar-refractivity contribution in [2.45, 2.75) is 33.1 Å². The summed E-state index contributed by atoms with van der Waals surface area (Å²) in [6, 6.07) is 0. The Hall–Kier alpha value is -2.18. The van der Waals surface area contributed by atoms with Gasteiger partial charge in [0.15, 0.2) is 0 Å². The van der Waals surface area contributed by atoms with E-state index < -0.39 is 12.3 Å². The first-order chi connectivity index (χ1) is 9.40. The van der Waals surface area contributed by atoms with Gasteiger partial charge in [0.25, 0.3) is 0 Å². The zero-order valence-corrected chi connectivity index (χ0v) is 11.6. The molecule has 7 nitrogen and oxygen atoms in total. The predicted molar refractivity (Wildman–Crippen MR) is 70.3 cm³/mol. The molecule has 0 aromatic rings. The van der Waals surface area contributed by atoms with Crippen molar-refractivity contribution < 1.29 is 29.3 Å². The number of hydrogen-bond donors (Lipinski definition) is 3. The van der Waals surface area contributed by atoms with Crippen LogP contribution in [0, 0.1) is 0 Å². The molecule has 1 aliphatic heterocycles. The maximum atomic E-state index is 10.3. The maximum absolute atomic E-state index is 10.3. The Labute approximate surface area is 116 Å². The van der Waals surface area contributed by atoms with Gasteiger partial charge in [-0.15, -0.1) is 0 Å². The molecular formula is C13H19NO6. The number of allylic oxidation sites excluding steroid dienone is 2. The molecule has 0 saturated heterocycles. The molecule has 112 valence electrons. The summed E-state index contributed by atoms with van der Waals surface area (Å²) in [6.45, 7) is 4.07. The van der Waals surface area contributed by atoms with Crippen LogP contribution in [0.5, 0.6) is 0 Å². The molecule has 0 aromatic heterocycles. The smallest absolute Gasteiger partial charge is 0.450 e. The molecule has 0 atom stereocenters. The van der Waals surface area contributed by atoms with E-state index >= 15 is 0 Å². The molecule has 0 amide bonds. The van der Waals surface area contributed by atoms with E-state index in [9.17, 15) is 9.59 Å². The van der Waals surface area contributed by atoms with Crippen molar-refractivity contribution >= 4 is 12.3 Å². The van der Waals surface area contributed by atoms with Crippen molar-refractivity contribution in [2.24, 2.45) is 0 Å². The Morgan fingerprint density at radius 3 is 1.75 bits per heavy atom. The third kappa shape index (κ3) is 5.21. The molecule has 0 saturated carbocycles. The lowest BCUT2D eigenvalue weighted by molar-refractivity contribution is 0.0920. The predicted octanol–water partition coefficient (Wildman–Crippen LogP) is 2.70. The first kappa shape index (κ1) is 15.9. The van der Waals surface area contributed by atoms with E-state index in [-0.39, 0.29) is 13.2 Å². The van der Waals surface area contributed by atoms with E-state index in [1.807, 2.05) is 13.8 Å². The van der Waals surface area contributed by atoms with Crippen LogP contribution in [0.25, 0.3) is 0 Å². The molecule has 0 spiro atoms. The van der Waals surface area contributed by atoms with E-state index in [1.54, 1.807) is 0 Å². The molecule has 1 rings (SSSR count). The number of carboxylic acid groups (broad SMARTS) is 2. The summed E-state index contributed by atoms with van der Waals surface area (Å²) in [5.74, 6) is 0. The summed E-state index contributed by atoms with van der Waals surface area (Å²) in [4.78, 5) is 20.6. The second-order valence-electron chi connectivity index (χ2n) is 4.49. The zero-order chi connectivity index (χ0) is 15.1. The fourth-order valence-electron chi connectivity index (χ4n) is 2.06. The SMILES string of the molecule is CC1=C(CCOC(=O)O)CC(CCOC(=O)O)=C(C)N1. The van der Waals surface area contributed by atoms with Crippen LogP contribution < -0.4 is 5.32 Å². The van der Waals surface area contributed by atoms with Gasteiger partial charge >= 0.3 is 12.3 Å². The van der Waals surface area contributed by atoms with E-state index in [0.717, 1.165) is 22.5 Å². The standard InChI is InChI=1S/C13H19NO6/c1-8-10(3-5-19-12(15)16)7-11(9(2)14-8)4-6-20-13(17)18/h14H,3-7H2,1-2H3,(H,15,16)(H,17,18). The van der Waals surface area contributed by atoms with Gasteiger partial charge < -0.3 is 25.0 Å². The van der Waals surface area contributed by atoms with Crippen molar-refractivity contribution in [3.05, 3.63) is 22.5 Å². The Balaban J connectivity index is 2.51. The summed E-state index contributed by atoms with van der Waals surface area (Å²) in [5, 5.41) is 20.1. The average molecular weight is 285 g/mol. The van der Waals surface area contributed by atoms with Crippen LogP contribution in [-0.2, 0) is 9.47 Å². The van der Waals surface area contributed by atoms with Crippen LogP contribution in [0.1, 0.15) is 33.1 Å². The summed E-state index contributed by atoms with van der Waals surface area (Å²) in [7, 11) is 0. The van der Waals surface area contributed by atoms with Crippen LogP contribution in [0.3, 0.4) is 0 Å². The van der Waals surface area contributed by atoms with E-state index in [1.165, 1.54) is 0 Å². The molecule has 0 unspecified atom stereocenters. The molecule has 0 aromatic carbocycles. The van der Waals surface area contributed by atoms with Gasteiger partial charge in [0, 0.05) is 24.2 Å². The highest BCUT2D eigenvalue weighted by Gasteiger charge is 2.16. The van der Waals surface area contributed by atoms with E-state index in [2.05, 4.69) is 14.8 Å². The molecule has 20 heavy (non-hydrogen) atoms. The van der Waals surface area contributed by atoms with Crippen molar-refractivity contribution in [1.29, 1.82) is 0 Å². The Bertz CT molecular complexity index is 412. The minimum absolute atomic E-state index is 0.113. The lowest BCUT2D eigenvalue weighted by atomic mass is 9.94. The summed E-state index contributed by atoms with van der Waals surface area (Å²) in [5.41, 5.74) is 4.09. The van der Waals surface area contributed by atoms with Crippen LogP contribution in [0.4, 0.5) is 9.59 Å². The lowest BCUT2D eigenvalue weighted by Gasteiger charge is -2.24. The van der Waals surface area contributed by atoms with Crippen molar-refractivity contribution in [3.8, 4) is 0 Å². The molecule has 1 aliphatic rings. The van der Waals surface area contributed by atoms with Crippen LogP contribution >= 0.6 is 0 Å². The first-order valence-electron chi connectivity index (χ1n) is 6.26. The normalized spacial score (nSPS) is 14.9. The molecule has 7 heteroatoms. The van der Waals surface area contributed by atoms with Gasteiger partial charge in [-0.2, -0.15) is 0 Å². The Morgan fingerprint density at radius 1 is 1.00 bits per heavy atom. The number of rotatable bonds is 6. The van der Waals surface area contributed by atoms with E-state index in [4.69, 9.17) is 10.2 Å². The largest absolute Gasteiger partial charge is 0.505 e. The number of nitrogens with one attached hydrogen (secondary N) is 1. The first-order valence-corrected chi connectivity index (χ1v) is 6.26. The highest BCUT2D eigenvalue weighted by Crippen LogP contribution is 2.27. The van der Waals surface area contributed by atoms with Gasteiger partial charge in [-0.05, 0) is 31.4 Å². The van der Waals surface area contributed by atoms with Gasteiger partial charge in [0.2, 0.25) is 0 Å². The van der Waals surface area contributed by atoms with Crippen molar-refractivity contribution in [1.82, 2.24) is 5.32 Å². The second kappa shape index (κ2) is 7.42. The Morgan fingerprint density at radius 2 is 1.40 bits per heavy atom. The van der Waals surface area contributed by atoms with Gasteiger partial charge in [-0.1, -0.05) is 0 Å². The number of hydrogen-bond acceptors (Lipinski definition) is 5. The van der Waals surface area contributed by atoms with Crippen molar-refractivity contribution in [2.75, 3.05) is 13.2 Å². The average Bonchev–Trinajstić information content (AvgIpc) is 2.33. The van der Waals surface area contributed by atoms with Gasteiger partial charge in [0.05, 0.1) is 13.2 Å². The van der Waals surface area contributed by atoms with Crippen LogP contribution in [0.15, 0.2) is 22.5 Å². The molecule has 0 bridgehead atoms. The fourth-order valence-corrected chi connectivity index (χ4v) is 2.06. The quantitative estimate of drug-likeness (QED) is 0.644. The highest BCUT2D eigenvalue weighted by atomic mass is 16.7. The minimum atomic E-state index is -1.28. The second-order valence-corrected chi connectivity index (χ2v) is 4.49.